The molecular formula is C20H25N3O. The minimum Gasteiger partial charge on any atom is -0.309 e. The molecule has 2 aliphatic carbocycles. The molecule has 1 amide bonds. The van der Waals surface area contributed by atoms with Crippen LogP contribution >= 0.6 is 0 Å². The molecule has 0 aliphatic heterocycles. The quantitative estimate of drug-likeness (QED) is 0.896. The smallest absolute Gasteiger partial charge is 0.225 e. The minimum atomic E-state index is 0.0301. The van der Waals surface area contributed by atoms with E-state index in [1.807, 2.05) is 41.9 Å². The van der Waals surface area contributed by atoms with Gasteiger partial charge in [-0.2, -0.15) is 0 Å². The number of hydrogen-bond acceptors (Lipinski definition) is 2. The van der Waals surface area contributed by atoms with Crippen LogP contribution in [-0.2, 0) is 11.2 Å². The average Bonchev–Trinajstić information content (AvgIpc) is 3.32. The van der Waals surface area contributed by atoms with Crippen LogP contribution in [0.3, 0.4) is 0 Å². The first-order valence-electron chi connectivity index (χ1n) is 9.16. The van der Waals surface area contributed by atoms with Crippen molar-refractivity contribution in [2.24, 2.45) is 17.8 Å². The lowest BCUT2D eigenvalue weighted by Gasteiger charge is -2.21. The number of benzene rings is 1. The maximum Gasteiger partial charge on any atom is 0.225 e. The fourth-order valence-electron chi connectivity index (χ4n) is 4.51. The molecule has 2 bridgehead atoms. The van der Waals surface area contributed by atoms with Crippen molar-refractivity contribution in [3.05, 3.63) is 42.1 Å². The van der Waals surface area contributed by atoms with Crippen molar-refractivity contribution in [1.82, 2.24) is 9.78 Å². The standard InChI is InChI=1S/C20H25N3O/c1-2-19(24)21-20-17(12-16-11-14-8-9-15(16)10-14)13-23(22-20)18-6-4-3-5-7-18/h3-7,13-16H,2,8-12H2,1H3,(H,21,22,24). The van der Waals surface area contributed by atoms with Gasteiger partial charge in [0.1, 0.15) is 0 Å². The Morgan fingerprint density at radius 2 is 2.08 bits per heavy atom. The molecule has 2 fully saturated rings. The van der Waals surface area contributed by atoms with E-state index < -0.39 is 0 Å². The van der Waals surface area contributed by atoms with Crippen LogP contribution in [0.2, 0.25) is 0 Å². The van der Waals surface area contributed by atoms with Gasteiger partial charge in [0.25, 0.3) is 0 Å². The van der Waals surface area contributed by atoms with Gasteiger partial charge in [0.2, 0.25) is 5.91 Å². The number of fused-ring (bicyclic) bond motifs is 2. The van der Waals surface area contributed by atoms with Crippen molar-refractivity contribution < 1.29 is 4.79 Å². The summed E-state index contributed by atoms with van der Waals surface area (Å²) in [6.45, 7) is 1.87. The molecule has 1 heterocycles. The van der Waals surface area contributed by atoms with Crippen molar-refractivity contribution in [2.75, 3.05) is 5.32 Å². The molecule has 2 saturated carbocycles. The lowest BCUT2D eigenvalue weighted by molar-refractivity contribution is -0.115. The van der Waals surface area contributed by atoms with E-state index in [9.17, 15) is 4.79 Å². The van der Waals surface area contributed by atoms with E-state index in [0.717, 1.165) is 35.7 Å². The lowest BCUT2D eigenvalue weighted by Crippen LogP contribution is -2.15. The Balaban J connectivity index is 1.60. The van der Waals surface area contributed by atoms with Gasteiger partial charge in [-0.05, 0) is 55.6 Å². The fourth-order valence-corrected chi connectivity index (χ4v) is 4.51. The number of hydrogen-bond donors (Lipinski definition) is 1. The van der Waals surface area contributed by atoms with E-state index in [4.69, 9.17) is 0 Å². The van der Waals surface area contributed by atoms with Crippen molar-refractivity contribution in [2.45, 2.75) is 45.4 Å². The molecule has 24 heavy (non-hydrogen) atoms. The zero-order valence-electron chi connectivity index (χ0n) is 14.2. The van der Waals surface area contributed by atoms with E-state index in [2.05, 4.69) is 16.6 Å². The maximum absolute atomic E-state index is 11.9. The van der Waals surface area contributed by atoms with E-state index in [0.29, 0.717) is 6.42 Å². The number of aromatic nitrogens is 2. The highest BCUT2D eigenvalue weighted by Crippen LogP contribution is 2.49. The van der Waals surface area contributed by atoms with Crippen LogP contribution in [0.5, 0.6) is 0 Å². The zero-order chi connectivity index (χ0) is 16.5. The Kier molecular flexibility index (Phi) is 4.13. The highest BCUT2D eigenvalue weighted by molar-refractivity contribution is 5.90. The molecule has 1 N–H and O–H groups in total. The highest BCUT2D eigenvalue weighted by atomic mass is 16.1. The minimum absolute atomic E-state index is 0.0301. The summed E-state index contributed by atoms with van der Waals surface area (Å²) in [5.74, 6) is 3.35. The van der Waals surface area contributed by atoms with Crippen LogP contribution < -0.4 is 5.32 Å². The van der Waals surface area contributed by atoms with Gasteiger partial charge in [0.15, 0.2) is 5.82 Å². The number of rotatable bonds is 5. The van der Waals surface area contributed by atoms with Crippen LogP contribution in [0.25, 0.3) is 5.69 Å². The first-order chi connectivity index (χ1) is 11.7. The van der Waals surface area contributed by atoms with Gasteiger partial charge in [0.05, 0.1) is 5.69 Å². The van der Waals surface area contributed by atoms with E-state index in [1.54, 1.807) is 0 Å². The summed E-state index contributed by atoms with van der Waals surface area (Å²) >= 11 is 0. The van der Waals surface area contributed by atoms with Gasteiger partial charge in [0, 0.05) is 18.2 Å². The lowest BCUT2D eigenvalue weighted by atomic mass is 9.85. The molecule has 2 aliphatic rings. The normalized spacial score (nSPS) is 25.1. The van der Waals surface area contributed by atoms with Crippen LogP contribution in [0, 0.1) is 17.8 Å². The monoisotopic (exact) mass is 323 g/mol. The topological polar surface area (TPSA) is 46.9 Å². The van der Waals surface area contributed by atoms with Gasteiger partial charge >= 0.3 is 0 Å². The summed E-state index contributed by atoms with van der Waals surface area (Å²) in [7, 11) is 0. The number of para-hydroxylation sites is 1. The molecule has 2 aromatic rings. The predicted octanol–water partition coefficient (Wildman–Crippen LogP) is 4.20. The first-order valence-corrected chi connectivity index (χ1v) is 9.16. The highest BCUT2D eigenvalue weighted by Gasteiger charge is 2.39. The van der Waals surface area contributed by atoms with Crippen molar-refractivity contribution in [1.29, 1.82) is 0 Å². The van der Waals surface area contributed by atoms with Crippen LogP contribution in [-0.4, -0.2) is 15.7 Å². The van der Waals surface area contributed by atoms with Crippen LogP contribution in [0.4, 0.5) is 5.82 Å². The first kappa shape index (κ1) is 15.4. The second-order valence-electron chi connectivity index (χ2n) is 7.32. The van der Waals surface area contributed by atoms with Crippen LogP contribution in [0.1, 0.15) is 44.6 Å². The van der Waals surface area contributed by atoms with Crippen molar-refractivity contribution >= 4 is 11.7 Å². The third-order valence-corrected chi connectivity index (χ3v) is 5.76. The fraction of sp³-hybridized carbons (Fsp3) is 0.500. The number of nitrogens with one attached hydrogen (secondary N) is 1. The molecule has 3 atom stereocenters. The molecule has 1 aromatic carbocycles. The van der Waals surface area contributed by atoms with E-state index in [-0.39, 0.29) is 5.91 Å². The van der Waals surface area contributed by atoms with Gasteiger partial charge in [-0.1, -0.05) is 31.5 Å². The Labute approximate surface area is 143 Å². The Morgan fingerprint density at radius 1 is 1.25 bits per heavy atom. The summed E-state index contributed by atoms with van der Waals surface area (Å²) in [5.41, 5.74) is 2.21. The Hall–Kier alpha value is -2.10. The molecule has 4 heteroatoms. The number of nitrogens with zero attached hydrogens (tertiary/aromatic N) is 2. The largest absolute Gasteiger partial charge is 0.309 e. The molecule has 1 aromatic heterocycles. The molecule has 4 nitrogen and oxygen atoms in total. The second kappa shape index (κ2) is 6.42. The molecule has 126 valence electrons. The van der Waals surface area contributed by atoms with Crippen molar-refractivity contribution in [3.8, 4) is 5.69 Å². The number of anilines is 1. The molecule has 3 unspecified atom stereocenters. The summed E-state index contributed by atoms with van der Waals surface area (Å²) < 4.78 is 1.90. The molecular weight excluding hydrogens is 298 g/mol. The average molecular weight is 323 g/mol. The molecule has 4 rings (SSSR count). The van der Waals surface area contributed by atoms with E-state index >= 15 is 0 Å². The third-order valence-electron chi connectivity index (χ3n) is 5.76. The van der Waals surface area contributed by atoms with Gasteiger partial charge < -0.3 is 5.32 Å². The van der Waals surface area contributed by atoms with Gasteiger partial charge in [-0.3, -0.25) is 4.79 Å². The number of carbonyl (C=O) groups excluding carboxylic acids is 1. The van der Waals surface area contributed by atoms with E-state index in [1.165, 1.54) is 31.2 Å². The van der Waals surface area contributed by atoms with Crippen molar-refractivity contribution in [3.63, 3.8) is 0 Å². The second-order valence-corrected chi connectivity index (χ2v) is 7.32. The third kappa shape index (κ3) is 2.97. The van der Waals surface area contributed by atoms with Gasteiger partial charge in [-0.15, -0.1) is 5.10 Å². The predicted molar refractivity (Wildman–Crippen MR) is 95.1 cm³/mol. The number of amides is 1. The summed E-state index contributed by atoms with van der Waals surface area (Å²) in [6, 6.07) is 10.1. The molecule has 0 spiro atoms. The summed E-state index contributed by atoms with van der Waals surface area (Å²) in [6.07, 6.45) is 9.19. The molecule has 0 radical (unpaired) electrons. The van der Waals surface area contributed by atoms with Crippen LogP contribution in [0.15, 0.2) is 36.5 Å². The summed E-state index contributed by atoms with van der Waals surface area (Å²) in [4.78, 5) is 11.9. The zero-order valence-corrected chi connectivity index (χ0v) is 14.2. The Morgan fingerprint density at radius 3 is 2.75 bits per heavy atom. The maximum atomic E-state index is 11.9. The SMILES string of the molecule is CCC(=O)Nc1nn(-c2ccccc2)cc1CC1CC2CCC1C2. The summed E-state index contributed by atoms with van der Waals surface area (Å²) in [5, 5.41) is 7.65. The number of carbonyl (C=O) groups is 1. The van der Waals surface area contributed by atoms with Gasteiger partial charge in [-0.25, -0.2) is 4.68 Å². The Bertz CT molecular complexity index is 722. The molecule has 0 saturated heterocycles.